The monoisotopic (exact) mass is 233 g/mol. The summed E-state index contributed by atoms with van der Waals surface area (Å²) in [5.74, 6) is 0.580. The zero-order valence-corrected chi connectivity index (χ0v) is 11.5. The Labute approximate surface area is 104 Å². The van der Waals surface area contributed by atoms with E-state index in [1.54, 1.807) is 0 Å². The SMILES string of the molecule is Cc1ccc(CC(=O)NC(C)C(C)C)c(C)c1. The van der Waals surface area contributed by atoms with Gasteiger partial charge < -0.3 is 5.32 Å². The number of rotatable bonds is 4. The zero-order chi connectivity index (χ0) is 13.0. The lowest BCUT2D eigenvalue weighted by atomic mass is 10.0. The molecule has 0 saturated carbocycles. The van der Waals surface area contributed by atoms with Crippen LogP contribution < -0.4 is 5.32 Å². The van der Waals surface area contributed by atoms with E-state index in [0.717, 1.165) is 5.56 Å². The highest BCUT2D eigenvalue weighted by atomic mass is 16.1. The van der Waals surface area contributed by atoms with E-state index >= 15 is 0 Å². The highest BCUT2D eigenvalue weighted by molar-refractivity contribution is 5.79. The Hall–Kier alpha value is -1.31. The van der Waals surface area contributed by atoms with Crippen molar-refractivity contribution in [2.45, 2.75) is 47.1 Å². The molecule has 94 valence electrons. The summed E-state index contributed by atoms with van der Waals surface area (Å²) in [6.07, 6.45) is 0.475. The van der Waals surface area contributed by atoms with Gasteiger partial charge >= 0.3 is 0 Å². The summed E-state index contributed by atoms with van der Waals surface area (Å²) in [5, 5.41) is 3.03. The summed E-state index contributed by atoms with van der Waals surface area (Å²) < 4.78 is 0. The summed E-state index contributed by atoms with van der Waals surface area (Å²) in [6, 6.07) is 6.45. The Bertz CT molecular complexity index is 396. The molecule has 0 saturated heterocycles. The molecule has 0 heterocycles. The lowest BCUT2D eigenvalue weighted by Crippen LogP contribution is -2.37. The molecule has 1 rings (SSSR count). The molecule has 0 radical (unpaired) electrons. The maximum absolute atomic E-state index is 11.9. The third kappa shape index (κ3) is 4.22. The summed E-state index contributed by atoms with van der Waals surface area (Å²) in [5.41, 5.74) is 3.55. The van der Waals surface area contributed by atoms with Crippen molar-refractivity contribution in [3.8, 4) is 0 Å². The molecular formula is C15H23NO. The first-order valence-corrected chi connectivity index (χ1v) is 6.25. The second kappa shape index (κ2) is 5.85. The molecule has 2 heteroatoms. The Morgan fingerprint density at radius 2 is 1.88 bits per heavy atom. The van der Waals surface area contributed by atoms with Crippen LogP contribution in [0.1, 0.15) is 37.5 Å². The first-order chi connectivity index (χ1) is 7.90. The van der Waals surface area contributed by atoms with Gasteiger partial charge in [-0.05, 0) is 37.8 Å². The van der Waals surface area contributed by atoms with E-state index in [1.165, 1.54) is 11.1 Å². The van der Waals surface area contributed by atoms with Crippen LogP contribution in [0.3, 0.4) is 0 Å². The number of hydrogen-bond acceptors (Lipinski definition) is 1. The third-order valence-corrected chi connectivity index (χ3v) is 3.24. The molecule has 0 aromatic heterocycles. The van der Waals surface area contributed by atoms with Crippen molar-refractivity contribution in [3.05, 3.63) is 34.9 Å². The van der Waals surface area contributed by atoms with E-state index in [2.05, 4.69) is 45.1 Å². The van der Waals surface area contributed by atoms with Gasteiger partial charge in [-0.2, -0.15) is 0 Å². The van der Waals surface area contributed by atoms with Crippen molar-refractivity contribution in [2.24, 2.45) is 5.92 Å². The molecule has 0 aliphatic carbocycles. The first kappa shape index (κ1) is 13.8. The molecule has 1 aromatic carbocycles. The topological polar surface area (TPSA) is 29.1 Å². The molecule has 0 aliphatic heterocycles. The first-order valence-electron chi connectivity index (χ1n) is 6.25. The number of nitrogens with one attached hydrogen (secondary N) is 1. The van der Waals surface area contributed by atoms with E-state index in [4.69, 9.17) is 0 Å². The van der Waals surface area contributed by atoms with E-state index < -0.39 is 0 Å². The molecule has 1 unspecified atom stereocenters. The van der Waals surface area contributed by atoms with Crippen LogP contribution in [0.15, 0.2) is 18.2 Å². The van der Waals surface area contributed by atoms with Crippen molar-refractivity contribution >= 4 is 5.91 Å². The summed E-state index contributed by atoms with van der Waals surface area (Å²) in [7, 11) is 0. The Morgan fingerprint density at radius 3 is 2.41 bits per heavy atom. The molecule has 1 amide bonds. The maximum atomic E-state index is 11.9. The molecule has 2 nitrogen and oxygen atoms in total. The van der Waals surface area contributed by atoms with Gasteiger partial charge in [0.05, 0.1) is 6.42 Å². The maximum Gasteiger partial charge on any atom is 0.224 e. The molecule has 0 fully saturated rings. The van der Waals surface area contributed by atoms with Crippen LogP contribution in [0.4, 0.5) is 0 Å². The number of aryl methyl sites for hydroxylation is 2. The van der Waals surface area contributed by atoms with Crippen LogP contribution in [0.2, 0.25) is 0 Å². The van der Waals surface area contributed by atoms with Crippen molar-refractivity contribution in [1.82, 2.24) is 5.32 Å². The molecule has 17 heavy (non-hydrogen) atoms. The van der Waals surface area contributed by atoms with E-state index in [9.17, 15) is 4.79 Å². The van der Waals surface area contributed by atoms with Gasteiger partial charge in [-0.3, -0.25) is 4.79 Å². The van der Waals surface area contributed by atoms with Crippen LogP contribution in [0.5, 0.6) is 0 Å². The van der Waals surface area contributed by atoms with Crippen LogP contribution in [0.25, 0.3) is 0 Å². The smallest absolute Gasteiger partial charge is 0.224 e. The Morgan fingerprint density at radius 1 is 1.24 bits per heavy atom. The van der Waals surface area contributed by atoms with Crippen LogP contribution >= 0.6 is 0 Å². The number of hydrogen-bond donors (Lipinski definition) is 1. The fourth-order valence-corrected chi connectivity index (χ4v) is 1.69. The number of carbonyl (C=O) groups excluding carboxylic acids is 1. The molecule has 0 aliphatic rings. The molecule has 1 N–H and O–H groups in total. The highest BCUT2D eigenvalue weighted by Gasteiger charge is 2.11. The lowest BCUT2D eigenvalue weighted by molar-refractivity contribution is -0.121. The summed E-state index contributed by atoms with van der Waals surface area (Å²) in [6.45, 7) is 10.4. The minimum atomic E-state index is 0.109. The summed E-state index contributed by atoms with van der Waals surface area (Å²) >= 11 is 0. The number of carbonyl (C=O) groups is 1. The molecule has 0 spiro atoms. The van der Waals surface area contributed by atoms with Crippen molar-refractivity contribution < 1.29 is 4.79 Å². The van der Waals surface area contributed by atoms with Gasteiger partial charge in [-0.25, -0.2) is 0 Å². The van der Waals surface area contributed by atoms with Gasteiger partial charge in [-0.15, -0.1) is 0 Å². The molecular weight excluding hydrogens is 210 g/mol. The molecule has 0 bridgehead atoms. The fourth-order valence-electron chi connectivity index (χ4n) is 1.69. The second-order valence-electron chi connectivity index (χ2n) is 5.21. The van der Waals surface area contributed by atoms with Gasteiger partial charge in [0, 0.05) is 6.04 Å². The summed E-state index contributed by atoms with van der Waals surface area (Å²) in [4.78, 5) is 11.9. The van der Waals surface area contributed by atoms with Gasteiger partial charge in [0.15, 0.2) is 0 Å². The van der Waals surface area contributed by atoms with Crippen molar-refractivity contribution in [1.29, 1.82) is 0 Å². The van der Waals surface area contributed by atoms with Crippen LogP contribution in [-0.4, -0.2) is 11.9 Å². The van der Waals surface area contributed by atoms with Crippen LogP contribution in [0, 0.1) is 19.8 Å². The van der Waals surface area contributed by atoms with E-state index in [0.29, 0.717) is 12.3 Å². The average molecular weight is 233 g/mol. The van der Waals surface area contributed by atoms with Crippen molar-refractivity contribution in [2.75, 3.05) is 0 Å². The van der Waals surface area contributed by atoms with Gasteiger partial charge in [0.2, 0.25) is 5.91 Å². The predicted octanol–water partition coefficient (Wildman–Crippen LogP) is 3.01. The quantitative estimate of drug-likeness (QED) is 0.851. The normalized spacial score (nSPS) is 12.6. The lowest BCUT2D eigenvalue weighted by Gasteiger charge is -2.17. The van der Waals surface area contributed by atoms with E-state index in [1.807, 2.05) is 13.0 Å². The van der Waals surface area contributed by atoms with Gasteiger partial charge in [0.1, 0.15) is 0 Å². The molecule has 1 atom stereocenters. The minimum Gasteiger partial charge on any atom is -0.353 e. The van der Waals surface area contributed by atoms with E-state index in [-0.39, 0.29) is 11.9 Å². The van der Waals surface area contributed by atoms with Crippen molar-refractivity contribution in [3.63, 3.8) is 0 Å². The number of benzene rings is 1. The largest absolute Gasteiger partial charge is 0.353 e. The van der Waals surface area contributed by atoms with Gasteiger partial charge in [0.25, 0.3) is 0 Å². The Balaban J connectivity index is 2.62. The Kier molecular flexibility index (Phi) is 4.73. The highest BCUT2D eigenvalue weighted by Crippen LogP contribution is 2.11. The minimum absolute atomic E-state index is 0.109. The fraction of sp³-hybridized carbons (Fsp3) is 0.533. The third-order valence-electron chi connectivity index (χ3n) is 3.24. The second-order valence-corrected chi connectivity index (χ2v) is 5.21. The standard InChI is InChI=1S/C15H23NO/c1-10(2)13(5)16-15(17)9-14-7-6-11(3)8-12(14)4/h6-8,10,13H,9H2,1-5H3,(H,16,17). The van der Waals surface area contributed by atoms with Gasteiger partial charge in [-0.1, -0.05) is 37.6 Å². The predicted molar refractivity (Wildman–Crippen MR) is 72.1 cm³/mol. The number of amides is 1. The van der Waals surface area contributed by atoms with Crippen LogP contribution in [-0.2, 0) is 11.2 Å². The molecule has 1 aromatic rings. The average Bonchev–Trinajstić information content (AvgIpc) is 2.22. The zero-order valence-electron chi connectivity index (χ0n) is 11.5.